The second-order valence-corrected chi connectivity index (χ2v) is 5.20. The predicted molar refractivity (Wildman–Crippen MR) is 93.4 cm³/mol. The summed E-state index contributed by atoms with van der Waals surface area (Å²) >= 11 is 0. The molecule has 0 saturated heterocycles. The molecule has 0 bridgehead atoms. The fraction of sp³-hybridized carbons (Fsp3) is 0.263. The maximum atomic E-state index is 11.7. The molecule has 0 aliphatic carbocycles. The van der Waals surface area contributed by atoms with Crippen LogP contribution in [-0.2, 0) is 4.74 Å². The number of nitrogens with zero attached hydrogens (tertiary/aromatic N) is 1. The Morgan fingerprint density at radius 1 is 1.12 bits per heavy atom. The average Bonchev–Trinajstić information content (AvgIpc) is 3.08. The molecule has 0 fully saturated rings. The molecule has 0 radical (unpaired) electrons. The maximum absolute atomic E-state index is 11.7. The Morgan fingerprint density at radius 2 is 1.84 bits per heavy atom. The summed E-state index contributed by atoms with van der Waals surface area (Å²) in [5.41, 5.74) is 2.01. The summed E-state index contributed by atoms with van der Waals surface area (Å²) in [6.45, 7) is 4.78. The zero-order chi connectivity index (χ0) is 17.6. The lowest BCUT2D eigenvalue weighted by molar-refractivity contribution is 0.0526. The molecule has 0 spiro atoms. The number of hydrogen-bond acceptors (Lipinski definition) is 6. The Bertz CT molecular complexity index is 783. The Balaban J connectivity index is 1.80. The van der Waals surface area contributed by atoms with E-state index in [1.165, 1.54) is 0 Å². The van der Waals surface area contributed by atoms with Crippen molar-refractivity contribution in [2.75, 3.05) is 20.0 Å². The van der Waals surface area contributed by atoms with Crippen LogP contribution in [0.4, 0.5) is 5.69 Å². The lowest BCUT2D eigenvalue weighted by atomic mass is 10.2. The van der Waals surface area contributed by atoms with Crippen LogP contribution >= 0.6 is 0 Å². The van der Waals surface area contributed by atoms with Gasteiger partial charge in [-0.05, 0) is 44.2 Å². The van der Waals surface area contributed by atoms with Gasteiger partial charge >= 0.3 is 5.97 Å². The fourth-order valence-electron chi connectivity index (χ4n) is 2.36. The van der Waals surface area contributed by atoms with E-state index < -0.39 is 0 Å². The molecular weight excluding hydrogens is 322 g/mol. The van der Waals surface area contributed by atoms with E-state index in [4.69, 9.17) is 18.9 Å². The van der Waals surface area contributed by atoms with Crippen molar-refractivity contribution in [3.63, 3.8) is 0 Å². The van der Waals surface area contributed by atoms with E-state index in [-0.39, 0.29) is 12.8 Å². The number of hydrogen-bond donors (Lipinski definition) is 0. The van der Waals surface area contributed by atoms with Gasteiger partial charge in [-0.15, -0.1) is 0 Å². The van der Waals surface area contributed by atoms with E-state index in [0.717, 1.165) is 5.56 Å². The number of ether oxygens (including phenoxy) is 4. The lowest BCUT2D eigenvalue weighted by Crippen LogP contribution is -2.03. The van der Waals surface area contributed by atoms with Gasteiger partial charge in [-0.3, -0.25) is 4.99 Å². The summed E-state index contributed by atoms with van der Waals surface area (Å²) in [4.78, 5) is 16.1. The fourth-order valence-corrected chi connectivity index (χ4v) is 2.36. The van der Waals surface area contributed by atoms with Crippen LogP contribution in [0.25, 0.3) is 0 Å². The van der Waals surface area contributed by atoms with E-state index in [9.17, 15) is 4.79 Å². The van der Waals surface area contributed by atoms with E-state index in [1.54, 1.807) is 43.5 Å². The van der Waals surface area contributed by atoms with Gasteiger partial charge in [-0.2, -0.15) is 0 Å². The van der Waals surface area contributed by atoms with E-state index in [2.05, 4.69) is 4.99 Å². The van der Waals surface area contributed by atoms with Crippen LogP contribution in [0.15, 0.2) is 41.4 Å². The van der Waals surface area contributed by atoms with Crippen LogP contribution in [-0.4, -0.2) is 32.2 Å². The van der Waals surface area contributed by atoms with Crippen LogP contribution in [0.5, 0.6) is 17.2 Å². The molecule has 25 heavy (non-hydrogen) atoms. The second kappa shape index (κ2) is 7.70. The first-order valence-corrected chi connectivity index (χ1v) is 8.09. The topological polar surface area (TPSA) is 66.4 Å². The molecule has 6 nitrogen and oxygen atoms in total. The molecule has 1 aliphatic rings. The van der Waals surface area contributed by atoms with Gasteiger partial charge in [0.1, 0.15) is 5.75 Å². The maximum Gasteiger partial charge on any atom is 0.338 e. The number of rotatable bonds is 6. The Kier molecular flexibility index (Phi) is 5.18. The summed E-state index contributed by atoms with van der Waals surface area (Å²) in [5, 5.41) is 0. The van der Waals surface area contributed by atoms with Crippen molar-refractivity contribution in [1.82, 2.24) is 0 Å². The van der Waals surface area contributed by atoms with Crippen molar-refractivity contribution in [2.24, 2.45) is 4.99 Å². The van der Waals surface area contributed by atoms with Crippen molar-refractivity contribution in [2.45, 2.75) is 13.8 Å². The van der Waals surface area contributed by atoms with Gasteiger partial charge in [-0.1, -0.05) is 0 Å². The first kappa shape index (κ1) is 16.8. The SMILES string of the molecule is CCOC(=O)c1ccc(N=Cc2cc3c(cc2OCC)OCO3)cc1. The van der Waals surface area contributed by atoms with Crippen molar-refractivity contribution >= 4 is 17.9 Å². The smallest absolute Gasteiger partial charge is 0.338 e. The summed E-state index contributed by atoms with van der Waals surface area (Å²) < 4.78 is 21.4. The largest absolute Gasteiger partial charge is 0.493 e. The molecule has 0 N–H and O–H groups in total. The monoisotopic (exact) mass is 341 g/mol. The number of benzene rings is 2. The third-order valence-electron chi connectivity index (χ3n) is 3.54. The number of fused-ring (bicyclic) bond motifs is 1. The average molecular weight is 341 g/mol. The third-order valence-corrected chi connectivity index (χ3v) is 3.54. The molecule has 1 heterocycles. The van der Waals surface area contributed by atoms with Gasteiger partial charge in [0.15, 0.2) is 11.5 Å². The molecule has 2 aromatic carbocycles. The highest BCUT2D eigenvalue weighted by molar-refractivity contribution is 5.90. The lowest BCUT2D eigenvalue weighted by Gasteiger charge is -2.08. The first-order valence-electron chi connectivity index (χ1n) is 8.09. The number of carbonyl (C=O) groups excluding carboxylic acids is 1. The normalized spacial score (nSPS) is 12.4. The molecule has 0 aromatic heterocycles. The van der Waals surface area contributed by atoms with Crippen LogP contribution in [0.1, 0.15) is 29.8 Å². The summed E-state index contributed by atoms with van der Waals surface area (Å²) in [7, 11) is 0. The van der Waals surface area contributed by atoms with Crippen LogP contribution in [0, 0.1) is 0 Å². The van der Waals surface area contributed by atoms with Gasteiger partial charge in [0.05, 0.1) is 24.5 Å². The van der Waals surface area contributed by atoms with Crippen molar-refractivity contribution in [1.29, 1.82) is 0 Å². The minimum Gasteiger partial charge on any atom is -0.493 e. The molecule has 1 aliphatic heterocycles. The summed E-state index contributed by atoms with van der Waals surface area (Å²) in [6, 6.07) is 10.5. The quantitative estimate of drug-likeness (QED) is 0.591. The highest BCUT2D eigenvalue weighted by Gasteiger charge is 2.17. The van der Waals surface area contributed by atoms with E-state index in [0.29, 0.717) is 41.7 Å². The molecular formula is C19H19NO5. The highest BCUT2D eigenvalue weighted by Crippen LogP contribution is 2.37. The number of carbonyl (C=O) groups is 1. The minimum atomic E-state index is -0.340. The zero-order valence-corrected chi connectivity index (χ0v) is 14.2. The highest BCUT2D eigenvalue weighted by atomic mass is 16.7. The summed E-state index contributed by atoms with van der Waals surface area (Å²) in [5.74, 6) is 1.67. The summed E-state index contributed by atoms with van der Waals surface area (Å²) in [6.07, 6.45) is 1.70. The number of aliphatic imine (C=N–C) groups is 1. The molecule has 0 amide bonds. The van der Waals surface area contributed by atoms with Gasteiger partial charge in [0, 0.05) is 17.8 Å². The van der Waals surface area contributed by atoms with Crippen molar-refractivity contribution < 1.29 is 23.7 Å². The zero-order valence-electron chi connectivity index (χ0n) is 14.2. The molecule has 0 atom stereocenters. The van der Waals surface area contributed by atoms with Gasteiger partial charge in [0.25, 0.3) is 0 Å². The standard InChI is InChI=1S/C19H19NO5/c1-3-22-16-10-18-17(24-12-25-18)9-14(16)11-20-15-7-5-13(6-8-15)19(21)23-4-2/h5-11H,3-4,12H2,1-2H3. The first-order chi connectivity index (χ1) is 12.2. The van der Waals surface area contributed by atoms with Crippen molar-refractivity contribution in [3.8, 4) is 17.2 Å². The van der Waals surface area contributed by atoms with Gasteiger partial charge < -0.3 is 18.9 Å². The molecule has 0 saturated carbocycles. The number of esters is 1. The second-order valence-electron chi connectivity index (χ2n) is 5.20. The molecule has 3 rings (SSSR count). The van der Waals surface area contributed by atoms with Crippen molar-refractivity contribution in [3.05, 3.63) is 47.5 Å². The van der Waals surface area contributed by atoms with E-state index >= 15 is 0 Å². The Hall–Kier alpha value is -3.02. The van der Waals surface area contributed by atoms with Gasteiger partial charge in [0.2, 0.25) is 6.79 Å². The minimum absolute atomic E-state index is 0.205. The molecule has 130 valence electrons. The van der Waals surface area contributed by atoms with Gasteiger partial charge in [-0.25, -0.2) is 4.79 Å². The van der Waals surface area contributed by atoms with Crippen LogP contribution in [0.3, 0.4) is 0 Å². The molecule has 2 aromatic rings. The van der Waals surface area contributed by atoms with Crippen LogP contribution in [0.2, 0.25) is 0 Å². The Morgan fingerprint density at radius 3 is 2.52 bits per heavy atom. The predicted octanol–water partition coefficient (Wildman–Crippen LogP) is 3.74. The third kappa shape index (κ3) is 3.91. The molecule has 6 heteroatoms. The Labute approximate surface area is 146 Å². The van der Waals surface area contributed by atoms with Crippen LogP contribution < -0.4 is 14.2 Å². The van der Waals surface area contributed by atoms with E-state index in [1.807, 2.05) is 13.0 Å². The molecule has 0 unspecified atom stereocenters.